The third-order valence-electron chi connectivity index (χ3n) is 4.18. The summed E-state index contributed by atoms with van der Waals surface area (Å²) in [5.74, 6) is -0.0649. The molecule has 0 spiro atoms. The number of aryl methyl sites for hydroxylation is 1. The smallest absolute Gasteiger partial charge is 0.255 e. The van der Waals surface area contributed by atoms with Crippen LogP contribution in [0.4, 0.5) is 5.69 Å². The van der Waals surface area contributed by atoms with Gasteiger partial charge in [-0.2, -0.15) is 0 Å². The minimum Gasteiger partial charge on any atom is -0.508 e. The fourth-order valence-corrected chi connectivity index (χ4v) is 2.73. The molecule has 0 aliphatic heterocycles. The normalized spacial score (nSPS) is 10.7. The molecule has 0 atom stereocenters. The maximum Gasteiger partial charge on any atom is 0.255 e. The van der Waals surface area contributed by atoms with Crippen LogP contribution >= 0.6 is 0 Å². The number of amides is 1. The molecule has 0 unspecified atom stereocenters. The van der Waals surface area contributed by atoms with Gasteiger partial charge in [0.05, 0.1) is 5.69 Å². The van der Waals surface area contributed by atoms with Crippen molar-refractivity contribution >= 4 is 30.0 Å². The highest BCUT2D eigenvalue weighted by Gasteiger charge is 2.11. The molecule has 4 nitrogen and oxygen atoms in total. The van der Waals surface area contributed by atoms with Crippen LogP contribution in [0.1, 0.15) is 37.4 Å². The molecule has 0 radical (unpaired) electrons. The van der Waals surface area contributed by atoms with Crippen LogP contribution in [0, 0.1) is 6.92 Å². The Bertz CT molecular complexity index is 1020. The fourth-order valence-electron chi connectivity index (χ4n) is 2.73. The number of aromatic hydroxyl groups is 1. The molecule has 1 amide bonds. The van der Waals surface area contributed by atoms with E-state index in [2.05, 4.69) is 5.32 Å². The van der Waals surface area contributed by atoms with E-state index in [1.807, 2.05) is 37.3 Å². The minimum absolute atomic E-state index is 0.194. The Balaban J connectivity index is 1.86. The van der Waals surface area contributed by atoms with Gasteiger partial charge in [-0.1, -0.05) is 48.6 Å². The summed E-state index contributed by atoms with van der Waals surface area (Å²) in [6.45, 7) is 1.87. The van der Waals surface area contributed by atoms with Crippen LogP contribution < -0.4 is 5.32 Å². The van der Waals surface area contributed by atoms with Crippen molar-refractivity contribution < 1.29 is 14.7 Å². The molecule has 0 bridgehead atoms. The van der Waals surface area contributed by atoms with Crippen molar-refractivity contribution in [3.63, 3.8) is 0 Å². The lowest BCUT2D eigenvalue weighted by molar-refractivity contribution is 0.102. The number of rotatable bonds is 5. The van der Waals surface area contributed by atoms with Crippen LogP contribution in [0.15, 0.2) is 66.7 Å². The molecule has 3 aromatic rings. The number of hydrogen-bond acceptors (Lipinski definition) is 3. The second-order valence-electron chi connectivity index (χ2n) is 6.16. The first kappa shape index (κ1) is 18.1. The Morgan fingerprint density at radius 2 is 1.67 bits per heavy atom. The van der Waals surface area contributed by atoms with Crippen LogP contribution in [-0.2, 0) is 0 Å². The molecule has 0 aliphatic carbocycles. The number of phenolic OH excluding ortho intramolecular Hbond substituents is 1. The largest absolute Gasteiger partial charge is 0.508 e. The molecule has 0 heterocycles. The van der Waals surface area contributed by atoms with Crippen LogP contribution in [0.25, 0.3) is 12.2 Å². The van der Waals surface area contributed by atoms with E-state index in [-0.39, 0.29) is 11.7 Å². The summed E-state index contributed by atoms with van der Waals surface area (Å²) in [5.41, 5.74) is 3.96. The van der Waals surface area contributed by atoms with Crippen LogP contribution in [0.3, 0.4) is 0 Å². The zero-order chi connectivity index (χ0) is 19.2. The van der Waals surface area contributed by atoms with Gasteiger partial charge in [0.15, 0.2) is 6.29 Å². The van der Waals surface area contributed by atoms with E-state index in [1.54, 1.807) is 48.5 Å². The molecule has 0 aliphatic rings. The van der Waals surface area contributed by atoms with Crippen molar-refractivity contribution in [3.05, 3.63) is 94.5 Å². The number of aldehydes is 1. The van der Waals surface area contributed by atoms with Crippen molar-refractivity contribution in [2.24, 2.45) is 0 Å². The second kappa shape index (κ2) is 8.15. The van der Waals surface area contributed by atoms with Gasteiger partial charge in [-0.25, -0.2) is 0 Å². The number of phenols is 1. The lowest BCUT2D eigenvalue weighted by Gasteiger charge is -2.10. The van der Waals surface area contributed by atoms with Gasteiger partial charge in [0.25, 0.3) is 5.91 Å². The van der Waals surface area contributed by atoms with Gasteiger partial charge in [-0.3, -0.25) is 9.59 Å². The molecule has 2 N–H and O–H groups in total. The highest BCUT2D eigenvalue weighted by molar-refractivity contribution is 6.07. The molecule has 3 rings (SSSR count). The van der Waals surface area contributed by atoms with Crippen molar-refractivity contribution in [2.45, 2.75) is 6.92 Å². The summed E-state index contributed by atoms with van der Waals surface area (Å²) in [5, 5.41) is 12.4. The van der Waals surface area contributed by atoms with Crippen molar-refractivity contribution in [1.29, 1.82) is 0 Å². The molecule has 0 saturated carbocycles. The summed E-state index contributed by atoms with van der Waals surface area (Å²) in [6.07, 6.45) is 4.42. The van der Waals surface area contributed by atoms with E-state index in [9.17, 15) is 14.7 Å². The molecule has 134 valence electrons. The molecule has 27 heavy (non-hydrogen) atoms. The maximum absolute atomic E-state index is 12.6. The maximum atomic E-state index is 12.6. The van der Waals surface area contributed by atoms with Gasteiger partial charge in [0.2, 0.25) is 0 Å². The van der Waals surface area contributed by atoms with Crippen LogP contribution in [-0.4, -0.2) is 17.3 Å². The Hall–Kier alpha value is -3.66. The highest BCUT2D eigenvalue weighted by atomic mass is 16.3. The monoisotopic (exact) mass is 357 g/mol. The molecular weight excluding hydrogens is 338 g/mol. The summed E-state index contributed by atoms with van der Waals surface area (Å²) < 4.78 is 0. The second-order valence-corrected chi connectivity index (χ2v) is 6.16. The van der Waals surface area contributed by atoms with Gasteiger partial charge in [0.1, 0.15) is 5.75 Å². The first-order chi connectivity index (χ1) is 13.1. The van der Waals surface area contributed by atoms with E-state index in [4.69, 9.17) is 0 Å². The van der Waals surface area contributed by atoms with E-state index in [1.165, 1.54) is 0 Å². The molecule has 0 saturated heterocycles. The number of carbonyl (C=O) groups excluding carboxylic acids is 2. The van der Waals surface area contributed by atoms with Crippen LogP contribution in [0.5, 0.6) is 5.75 Å². The highest BCUT2D eigenvalue weighted by Crippen LogP contribution is 2.21. The van der Waals surface area contributed by atoms with Gasteiger partial charge in [-0.05, 0) is 53.9 Å². The molecule has 0 aromatic heterocycles. The number of anilines is 1. The quantitative estimate of drug-likeness (QED) is 0.502. The average molecular weight is 357 g/mol. The van der Waals surface area contributed by atoms with Gasteiger partial charge < -0.3 is 10.4 Å². The third kappa shape index (κ3) is 4.50. The number of hydrogen-bond donors (Lipinski definition) is 2. The molecular formula is C23H19NO3. The third-order valence-corrected chi connectivity index (χ3v) is 4.18. The Morgan fingerprint density at radius 1 is 0.926 bits per heavy atom. The predicted molar refractivity (Wildman–Crippen MR) is 108 cm³/mol. The zero-order valence-electron chi connectivity index (χ0n) is 14.8. The van der Waals surface area contributed by atoms with Crippen LogP contribution in [0.2, 0.25) is 0 Å². The SMILES string of the molecule is Cc1ccccc1C(=O)Nc1cc(/C=C/c2cccc(O)c2)ccc1C=O. The van der Waals surface area contributed by atoms with E-state index < -0.39 is 0 Å². The van der Waals surface area contributed by atoms with E-state index in [0.29, 0.717) is 16.8 Å². The van der Waals surface area contributed by atoms with Crippen molar-refractivity contribution in [2.75, 3.05) is 5.32 Å². The number of benzene rings is 3. The first-order valence-electron chi connectivity index (χ1n) is 8.50. The van der Waals surface area contributed by atoms with Crippen molar-refractivity contribution in [1.82, 2.24) is 0 Å². The molecule has 3 aromatic carbocycles. The standard InChI is InChI=1S/C23H19NO3/c1-16-5-2-3-8-21(16)23(27)24-22-14-18(11-12-19(22)15-25)10-9-17-6-4-7-20(26)13-17/h2-15,26H,1H3,(H,24,27)/b10-9+. The molecule has 4 heteroatoms. The summed E-state index contributed by atoms with van der Waals surface area (Å²) in [7, 11) is 0. The van der Waals surface area contributed by atoms with Gasteiger partial charge >= 0.3 is 0 Å². The van der Waals surface area contributed by atoms with Gasteiger partial charge in [-0.15, -0.1) is 0 Å². The predicted octanol–water partition coefficient (Wildman–Crippen LogP) is 4.94. The number of carbonyl (C=O) groups is 2. The Morgan fingerprint density at radius 3 is 2.37 bits per heavy atom. The summed E-state index contributed by atoms with van der Waals surface area (Å²) in [6, 6.07) is 19.4. The summed E-state index contributed by atoms with van der Waals surface area (Å²) in [4.78, 5) is 23.9. The van der Waals surface area contributed by atoms with E-state index >= 15 is 0 Å². The molecule has 0 fully saturated rings. The number of nitrogens with one attached hydrogen (secondary N) is 1. The minimum atomic E-state index is -0.259. The Labute approximate surface area is 157 Å². The topological polar surface area (TPSA) is 66.4 Å². The lowest BCUT2D eigenvalue weighted by atomic mass is 10.1. The average Bonchev–Trinajstić information content (AvgIpc) is 2.67. The Kier molecular flexibility index (Phi) is 5.47. The summed E-state index contributed by atoms with van der Waals surface area (Å²) >= 11 is 0. The zero-order valence-corrected chi connectivity index (χ0v) is 14.8. The van der Waals surface area contributed by atoms with E-state index in [0.717, 1.165) is 23.0 Å². The first-order valence-corrected chi connectivity index (χ1v) is 8.50. The van der Waals surface area contributed by atoms with Crippen molar-refractivity contribution in [3.8, 4) is 5.75 Å². The fraction of sp³-hybridized carbons (Fsp3) is 0.0435. The van der Waals surface area contributed by atoms with Gasteiger partial charge in [0, 0.05) is 11.1 Å². The lowest BCUT2D eigenvalue weighted by Crippen LogP contribution is -2.14.